The molecular weight excluding hydrogens is 260 g/mol. The summed E-state index contributed by atoms with van der Waals surface area (Å²) >= 11 is 0. The van der Waals surface area contributed by atoms with E-state index < -0.39 is 6.03 Å². The molecule has 0 atom stereocenters. The molecule has 1 aromatic rings. The number of amides is 3. The summed E-state index contributed by atoms with van der Waals surface area (Å²) in [6, 6.07) is -0.626. The van der Waals surface area contributed by atoms with E-state index in [-0.39, 0.29) is 30.6 Å². The molecule has 0 saturated carbocycles. The lowest BCUT2D eigenvalue weighted by molar-refractivity contribution is 0.0949. The van der Waals surface area contributed by atoms with Gasteiger partial charge in [-0.1, -0.05) is 13.8 Å². The topological polar surface area (TPSA) is 122 Å². The van der Waals surface area contributed by atoms with Gasteiger partial charge in [-0.15, -0.1) is 0 Å². The SMILES string of the molecule is CNc1cnc(C(C)C)nc1C(=O)NCCNC(N)=O. The molecule has 20 heavy (non-hydrogen) atoms. The minimum Gasteiger partial charge on any atom is -0.385 e. The van der Waals surface area contributed by atoms with Gasteiger partial charge in [-0.3, -0.25) is 4.79 Å². The Labute approximate surface area is 117 Å². The number of carbonyl (C=O) groups is 2. The van der Waals surface area contributed by atoms with E-state index in [1.807, 2.05) is 13.8 Å². The molecule has 5 N–H and O–H groups in total. The fourth-order valence-corrected chi connectivity index (χ4v) is 1.48. The monoisotopic (exact) mass is 280 g/mol. The molecule has 0 aliphatic rings. The maximum Gasteiger partial charge on any atom is 0.312 e. The zero-order chi connectivity index (χ0) is 15.1. The Morgan fingerprint density at radius 2 is 1.95 bits per heavy atom. The van der Waals surface area contributed by atoms with Crippen LogP contribution < -0.4 is 21.7 Å². The number of nitrogens with two attached hydrogens (primary N) is 1. The van der Waals surface area contributed by atoms with Crippen molar-refractivity contribution in [3.05, 3.63) is 17.7 Å². The first-order valence-corrected chi connectivity index (χ1v) is 6.32. The van der Waals surface area contributed by atoms with E-state index in [1.165, 1.54) is 0 Å². The molecule has 3 amide bonds. The Kier molecular flexibility index (Phi) is 5.70. The van der Waals surface area contributed by atoms with E-state index >= 15 is 0 Å². The quantitative estimate of drug-likeness (QED) is 0.548. The van der Waals surface area contributed by atoms with Crippen LogP contribution in [0.25, 0.3) is 0 Å². The molecule has 0 bridgehead atoms. The smallest absolute Gasteiger partial charge is 0.312 e. The first kappa shape index (κ1) is 15.7. The molecule has 0 aromatic carbocycles. The number of primary amides is 1. The molecule has 0 saturated heterocycles. The van der Waals surface area contributed by atoms with Gasteiger partial charge in [0.1, 0.15) is 5.82 Å². The summed E-state index contributed by atoms with van der Waals surface area (Å²) < 4.78 is 0. The Balaban J connectivity index is 2.74. The lowest BCUT2D eigenvalue weighted by Crippen LogP contribution is -2.37. The summed E-state index contributed by atoms with van der Waals surface area (Å²) in [6.45, 7) is 4.43. The second kappa shape index (κ2) is 7.27. The number of hydrogen-bond donors (Lipinski definition) is 4. The van der Waals surface area contributed by atoms with Crippen molar-refractivity contribution in [1.82, 2.24) is 20.6 Å². The molecule has 0 unspecified atom stereocenters. The average Bonchev–Trinajstić information content (AvgIpc) is 2.42. The highest BCUT2D eigenvalue weighted by molar-refractivity contribution is 5.97. The van der Waals surface area contributed by atoms with E-state index in [4.69, 9.17) is 5.73 Å². The largest absolute Gasteiger partial charge is 0.385 e. The van der Waals surface area contributed by atoms with Crippen LogP contribution in [0.1, 0.15) is 36.1 Å². The van der Waals surface area contributed by atoms with Gasteiger partial charge in [0.15, 0.2) is 5.69 Å². The first-order valence-electron chi connectivity index (χ1n) is 6.32. The first-order chi connectivity index (χ1) is 9.45. The van der Waals surface area contributed by atoms with E-state index in [2.05, 4.69) is 25.9 Å². The third-order valence-corrected chi connectivity index (χ3v) is 2.52. The molecule has 0 radical (unpaired) electrons. The van der Waals surface area contributed by atoms with Crippen LogP contribution in [-0.2, 0) is 0 Å². The van der Waals surface area contributed by atoms with Crippen molar-refractivity contribution in [2.24, 2.45) is 5.73 Å². The number of nitrogens with zero attached hydrogens (tertiary/aromatic N) is 2. The van der Waals surface area contributed by atoms with Crippen LogP contribution in [0, 0.1) is 0 Å². The van der Waals surface area contributed by atoms with Crippen LogP contribution >= 0.6 is 0 Å². The number of aromatic nitrogens is 2. The Bertz CT molecular complexity index is 489. The number of nitrogens with one attached hydrogen (secondary N) is 3. The molecular formula is C12H20N6O2. The summed E-state index contributed by atoms with van der Waals surface area (Å²) in [7, 11) is 1.69. The van der Waals surface area contributed by atoms with Crippen LogP contribution in [0.4, 0.5) is 10.5 Å². The summed E-state index contributed by atoms with van der Waals surface area (Å²) in [6.07, 6.45) is 1.58. The molecule has 8 nitrogen and oxygen atoms in total. The van der Waals surface area contributed by atoms with Gasteiger partial charge in [0.2, 0.25) is 0 Å². The minimum atomic E-state index is -0.626. The summed E-state index contributed by atoms with van der Waals surface area (Å²) in [4.78, 5) is 31.0. The van der Waals surface area contributed by atoms with E-state index in [0.29, 0.717) is 11.5 Å². The predicted molar refractivity (Wildman–Crippen MR) is 75.6 cm³/mol. The standard InChI is InChI=1S/C12H20N6O2/c1-7(2)10-17-6-8(14-3)9(18-10)11(19)15-4-5-16-12(13)20/h6-7,14H,4-5H2,1-3H3,(H,15,19)(H3,13,16,20). The van der Waals surface area contributed by atoms with Crippen LogP contribution in [0.2, 0.25) is 0 Å². The third-order valence-electron chi connectivity index (χ3n) is 2.52. The van der Waals surface area contributed by atoms with Crippen molar-refractivity contribution in [1.29, 1.82) is 0 Å². The van der Waals surface area contributed by atoms with Crippen molar-refractivity contribution < 1.29 is 9.59 Å². The summed E-state index contributed by atoms with van der Waals surface area (Å²) in [5.41, 5.74) is 5.76. The number of carbonyl (C=O) groups excluding carboxylic acids is 2. The fourth-order valence-electron chi connectivity index (χ4n) is 1.48. The molecule has 1 heterocycles. The average molecular weight is 280 g/mol. The molecule has 1 rings (SSSR count). The molecule has 0 aliphatic heterocycles. The van der Waals surface area contributed by atoms with Crippen LogP contribution in [0.5, 0.6) is 0 Å². The van der Waals surface area contributed by atoms with Gasteiger partial charge in [-0.05, 0) is 0 Å². The molecule has 1 aromatic heterocycles. The molecule has 110 valence electrons. The van der Waals surface area contributed by atoms with Gasteiger partial charge in [0, 0.05) is 26.1 Å². The normalized spacial score (nSPS) is 10.2. The maximum absolute atomic E-state index is 12.1. The van der Waals surface area contributed by atoms with E-state index in [9.17, 15) is 9.59 Å². The van der Waals surface area contributed by atoms with Crippen molar-refractivity contribution in [3.63, 3.8) is 0 Å². The zero-order valence-electron chi connectivity index (χ0n) is 11.9. The Morgan fingerprint density at radius 1 is 1.30 bits per heavy atom. The second-order valence-corrected chi connectivity index (χ2v) is 4.44. The van der Waals surface area contributed by atoms with Crippen LogP contribution in [-0.4, -0.2) is 42.0 Å². The molecule has 8 heteroatoms. The zero-order valence-corrected chi connectivity index (χ0v) is 11.9. The maximum atomic E-state index is 12.1. The highest BCUT2D eigenvalue weighted by Crippen LogP contribution is 2.15. The third kappa shape index (κ3) is 4.38. The van der Waals surface area contributed by atoms with E-state index in [0.717, 1.165) is 0 Å². The van der Waals surface area contributed by atoms with Gasteiger partial charge in [-0.2, -0.15) is 0 Å². The minimum absolute atomic E-state index is 0.129. The van der Waals surface area contributed by atoms with Gasteiger partial charge in [0.25, 0.3) is 5.91 Å². The van der Waals surface area contributed by atoms with Crippen molar-refractivity contribution in [2.45, 2.75) is 19.8 Å². The molecule has 0 spiro atoms. The Hall–Kier alpha value is -2.38. The summed E-state index contributed by atoms with van der Waals surface area (Å²) in [5.74, 6) is 0.401. The van der Waals surface area contributed by atoms with Crippen molar-refractivity contribution >= 4 is 17.6 Å². The van der Waals surface area contributed by atoms with Gasteiger partial charge < -0.3 is 21.7 Å². The molecule has 0 fully saturated rings. The fraction of sp³-hybridized carbons (Fsp3) is 0.500. The number of hydrogen-bond acceptors (Lipinski definition) is 5. The van der Waals surface area contributed by atoms with Crippen molar-refractivity contribution in [2.75, 3.05) is 25.5 Å². The lowest BCUT2D eigenvalue weighted by Gasteiger charge is -2.11. The van der Waals surface area contributed by atoms with Crippen LogP contribution in [0.3, 0.4) is 0 Å². The van der Waals surface area contributed by atoms with Gasteiger partial charge in [0.05, 0.1) is 11.9 Å². The Morgan fingerprint density at radius 3 is 2.50 bits per heavy atom. The second-order valence-electron chi connectivity index (χ2n) is 4.44. The molecule has 0 aliphatic carbocycles. The predicted octanol–water partition coefficient (Wildman–Crippen LogP) is 0.0398. The van der Waals surface area contributed by atoms with Gasteiger partial charge in [-0.25, -0.2) is 14.8 Å². The van der Waals surface area contributed by atoms with E-state index in [1.54, 1.807) is 13.2 Å². The number of urea groups is 1. The lowest BCUT2D eigenvalue weighted by atomic mass is 10.2. The highest BCUT2D eigenvalue weighted by Gasteiger charge is 2.15. The highest BCUT2D eigenvalue weighted by atomic mass is 16.2. The number of anilines is 1. The van der Waals surface area contributed by atoms with Crippen LogP contribution in [0.15, 0.2) is 6.20 Å². The van der Waals surface area contributed by atoms with Gasteiger partial charge >= 0.3 is 6.03 Å². The number of rotatable bonds is 6. The summed E-state index contributed by atoms with van der Waals surface area (Å²) in [5, 5.41) is 7.92. The van der Waals surface area contributed by atoms with Crippen molar-refractivity contribution in [3.8, 4) is 0 Å².